The van der Waals surface area contributed by atoms with Crippen LogP contribution in [0.25, 0.3) is 22.6 Å². The molecule has 8 nitrogen and oxygen atoms in total. The topological polar surface area (TPSA) is 85.3 Å². The minimum absolute atomic E-state index is 0.0553. The monoisotopic (exact) mass is 357 g/mol. The normalized spacial score (nSPS) is 11.6. The van der Waals surface area contributed by atoms with E-state index >= 15 is 0 Å². The van der Waals surface area contributed by atoms with Crippen LogP contribution in [0.4, 0.5) is 0 Å². The summed E-state index contributed by atoms with van der Waals surface area (Å²) in [4.78, 5) is 31.5. The molecule has 8 heteroatoms. The molecule has 0 fully saturated rings. The fourth-order valence-corrected chi connectivity index (χ4v) is 3.04. The molecule has 0 saturated heterocycles. The van der Waals surface area contributed by atoms with Crippen molar-refractivity contribution >= 4 is 11.2 Å². The molecular formula is C18H23N5O3. The molecule has 0 unspecified atom stereocenters. The molecule has 138 valence electrons. The molecule has 0 spiro atoms. The first-order chi connectivity index (χ1) is 12.5. The molecule has 0 aliphatic carbocycles. The number of rotatable bonds is 6. The third-order valence-electron chi connectivity index (χ3n) is 4.67. The first-order valence-corrected chi connectivity index (χ1v) is 8.54. The van der Waals surface area contributed by atoms with E-state index in [0.717, 1.165) is 10.1 Å². The number of fused-ring (bicyclic) bond motifs is 1. The lowest BCUT2D eigenvalue weighted by Crippen LogP contribution is -2.38. The number of hydrogen-bond donors (Lipinski definition) is 1. The van der Waals surface area contributed by atoms with Crippen molar-refractivity contribution in [3.63, 3.8) is 0 Å². The fraction of sp³-hybridized carbons (Fsp3) is 0.389. The highest BCUT2D eigenvalue weighted by Gasteiger charge is 2.20. The van der Waals surface area contributed by atoms with Crippen molar-refractivity contribution < 1.29 is 5.11 Å². The van der Waals surface area contributed by atoms with Gasteiger partial charge in [0.25, 0.3) is 5.56 Å². The van der Waals surface area contributed by atoms with E-state index < -0.39 is 5.69 Å². The fourth-order valence-electron chi connectivity index (χ4n) is 3.04. The maximum absolute atomic E-state index is 12.8. The Morgan fingerprint density at radius 2 is 1.81 bits per heavy atom. The number of imidazole rings is 1. The van der Waals surface area contributed by atoms with Gasteiger partial charge in [-0.15, -0.1) is 0 Å². The van der Waals surface area contributed by atoms with Gasteiger partial charge < -0.3 is 9.67 Å². The third kappa shape index (κ3) is 2.97. The van der Waals surface area contributed by atoms with E-state index in [0.29, 0.717) is 36.6 Å². The van der Waals surface area contributed by atoms with Crippen LogP contribution in [0.15, 0.2) is 39.9 Å². The Morgan fingerprint density at radius 3 is 2.42 bits per heavy atom. The Labute approximate surface area is 150 Å². The standard InChI is InChI=1S/C18H23N5O3/c1-4-22(12-24)10-11-23-14-16(20(2)18(26)21(3)17(14)25)19-15(23)13-8-6-5-7-9-13/h5-9,24H,4,10-12H2,1-3H3. The summed E-state index contributed by atoms with van der Waals surface area (Å²) in [7, 11) is 3.08. The summed E-state index contributed by atoms with van der Waals surface area (Å²) >= 11 is 0. The number of benzene rings is 1. The molecule has 0 aliphatic rings. The van der Waals surface area contributed by atoms with Gasteiger partial charge in [-0.3, -0.25) is 18.8 Å². The molecule has 0 saturated carbocycles. The second-order valence-electron chi connectivity index (χ2n) is 6.18. The van der Waals surface area contributed by atoms with Crippen LogP contribution < -0.4 is 11.2 Å². The van der Waals surface area contributed by atoms with Crippen LogP contribution in [0.5, 0.6) is 0 Å². The smallest absolute Gasteiger partial charge is 0.332 e. The van der Waals surface area contributed by atoms with Gasteiger partial charge in [-0.25, -0.2) is 9.78 Å². The predicted molar refractivity (Wildman–Crippen MR) is 100.0 cm³/mol. The number of aromatic nitrogens is 4. The number of hydrogen-bond acceptors (Lipinski definition) is 5. The maximum atomic E-state index is 12.8. The van der Waals surface area contributed by atoms with Crippen molar-refractivity contribution in [3.05, 3.63) is 51.2 Å². The zero-order valence-corrected chi connectivity index (χ0v) is 15.2. The van der Waals surface area contributed by atoms with Gasteiger partial charge in [0.1, 0.15) is 5.82 Å². The van der Waals surface area contributed by atoms with Crippen LogP contribution in [-0.4, -0.2) is 48.5 Å². The lowest BCUT2D eigenvalue weighted by atomic mass is 10.2. The van der Waals surface area contributed by atoms with E-state index in [1.54, 1.807) is 7.05 Å². The summed E-state index contributed by atoms with van der Waals surface area (Å²) in [6.45, 7) is 3.64. The quantitative estimate of drug-likeness (QED) is 0.645. The summed E-state index contributed by atoms with van der Waals surface area (Å²) in [5.74, 6) is 0.632. The lowest BCUT2D eigenvalue weighted by Gasteiger charge is -2.18. The second-order valence-corrected chi connectivity index (χ2v) is 6.18. The Bertz CT molecular complexity index is 1030. The van der Waals surface area contributed by atoms with Gasteiger partial charge in [-0.2, -0.15) is 0 Å². The Balaban J connectivity index is 2.27. The van der Waals surface area contributed by atoms with E-state index in [9.17, 15) is 14.7 Å². The van der Waals surface area contributed by atoms with E-state index in [2.05, 4.69) is 4.98 Å². The molecule has 0 bridgehead atoms. The molecule has 1 aromatic carbocycles. The molecule has 3 aromatic rings. The van der Waals surface area contributed by atoms with Crippen molar-refractivity contribution in [2.75, 3.05) is 19.8 Å². The van der Waals surface area contributed by atoms with Crippen LogP contribution in [0.1, 0.15) is 6.92 Å². The Morgan fingerprint density at radius 1 is 1.12 bits per heavy atom. The van der Waals surface area contributed by atoms with Crippen molar-refractivity contribution in [1.29, 1.82) is 0 Å². The van der Waals surface area contributed by atoms with Gasteiger partial charge in [-0.05, 0) is 6.54 Å². The average molecular weight is 357 g/mol. The predicted octanol–water partition coefficient (Wildman–Crippen LogP) is 0.372. The highest BCUT2D eigenvalue weighted by molar-refractivity contribution is 5.77. The van der Waals surface area contributed by atoms with Crippen LogP contribution in [-0.2, 0) is 20.6 Å². The molecule has 0 aliphatic heterocycles. The number of aliphatic hydroxyl groups excluding tert-OH is 1. The summed E-state index contributed by atoms with van der Waals surface area (Å²) in [6.07, 6.45) is 0. The molecular weight excluding hydrogens is 334 g/mol. The lowest BCUT2D eigenvalue weighted by molar-refractivity contribution is 0.109. The van der Waals surface area contributed by atoms with Gasteiger partial charge in [0.05, 0.1) is 6.73 Å². The average Bonchev–Trinajstić information content (AvgIpc) is 3.06. The molecule has 2 aromatic heterocycles. The van der Waals surface area contributed by atoms with Crippen LogP contribution in [0, 0.1) is 0 Å². The molecule has 1 N–H and O–H groups in total. The largest absolute Gasteiger partial charge is 0.381 e. The Kier molecular flexibility index (Phi) is 5.06. The summed E-state index contributed by atoms with van der Waals surface area (Å²) in [5, 5.41) is 9.42. The van der Waals surface area contributed by atoms with Crippen LogP contribution >= 0.6 is 0 Å². The molecule has 0 radical (unpaired) electrons. The van der Waals surface area contributed by atoms with Crippen molar-refractivity contribution in [2.24, 2.45) is 14.1 Å². The van der Waals surface area contributed by atoms with Gasteiger partial charge in [-0.1, -0.05) is 37.3 Å². The van der Waals surface area contributed by atoms with Crippen LogP contribution in [0.3, 0.4) is 0 Å². The third-order valence-corrected chi connectivity index (χ3v) is 4.67. The number of aryl methyl sites for hydroxylation is 1. The van der Waals surface area contributed by atoms with Gasteiger partial charge in [0, 0.05) is 32.7 Å². The molecule has 2 heterocycles. The molecule has 0 atom stereocenters. The Hall–Kier alpha value is -2.71. The minimum Gasteiger partial charge on any atom is -0.381 e. The minimum atomic E-state index is -0.405. The van der Waals surface area contributed by atoms with Crippen LogP contribution in [0.2, 0.25) is 0 Å². The van der Waals surface area contributed by atoms with Crippen molar-refractivity contribution in [2.45, 2.75) is 13.5 Å². The number of likely N-dealkylation sites (N-methyl/N-ethyl adjacent to an activating group) is 1. The SMILES string of the molecule is CCN(CO)CCn1c(-c2ccccc2)nc2c1c(=O)n(C)c(=O)n2C. The second kappa shape index (κ2) is 7.27. The number of nitrogens with zero attached hydrogens (tertiary/aromatic N) is 5. The summed E-state index contributed by atoms with van der Waals surface area (Å²) in [5.41, 5.74) is 0.846. The zero-order chi connectivity index (χ0) is 18.8. The molecule has 3 rings (SSSR count). The van der Waals surface area contributed by atoms with E-state index in [1.165, 1.54) is 11.6 Å². The van der Waals surface area contributed by atoms with Gasteiger partial charge in [0.2, 0.25) is 0 Å². The van der Waals surface area contributed by atoms with E-state index in [1.807, 2.05) is 46.7 Å². The van der Waals surface area contributed by atoms with Gasteiger partial charge >= 0.3 is 5.69 Å². The molecule has 0 amide bonds. The number of aliphatic hydroxyl groups is 1. The first kappa shape index (κ1) is 18.1. The van der Waals surface area contributed by atoms with E-state index in [4.69, 9.17) is 0 Å². The van der Waals surface area contributed by atoms with E-state index in [-0.39, 0.29) is 12.3 Å². The van der Waals surface area contributed by atoms with Gasteiger partial charge in [0.15, 0.2) is 11.2 Å². The summed E-state index contributed by atoms with van der Waals surface area (Å²) in [6, 6.07) is 9.56. The highest BCUT2D eigenvalue weighted by atomic mass is 16.3. The zero-order valence-electron chi connectivity index (χ0n) is 15.2. The van der Waals surface area contributed by atoms with Crippen molar-refractivity contribution in [3.8, 4) is 11.4 Å². The van der Waals surface area contributed by atoms with Crippen molar-refractivity contribution in [1.82, 2.24) is 23.6 Å². The maximum Gasteiger partial charge on any atom is 0.332 e. The summed E-state index contributed by atoms with van der Waals surface area (Å²) < 4.78 is 4.33. The first-order valence-electron chi connectivity index (χ1n) is 8.54. The highest BCUT2D eigenvalue weighted by Crippen LogP contribution is 2.22. The molecule has 26 heavy (non-hydrogen) atoms.